The summed E-state index contributed by atoms with van der Waals surface area (Å²) in [5, 5.41) is 0. The lowest BCUT2D eigenvalue weighted by Crippen LogP contribution is -2.26. The Kier molecular flexibility index (Phi) is 5.14. The van der Waals surface area contributed by atoms with Crippen LogP contribution in [0.4, 0.5) is 0 Å². The number of amides is 1. The molecule has 0 radical (unpaired) electrons. The summed E-state index contributed by atoms with van der Waals surface area (Å²) in [7, 11) is 0. The number of nitrogens with zero attached hydrogens (tertiary/aromatic N) is 3. The van der Waals surface area contributed by atoms with Crippen molar-refractivity contribution in [1.29, 1.82) is 0 Å². The van der Waals surface area contributed by atoms with E-state index in [1.54, 1.807) is 0 Å². The van der Waals surface area contributed by atoms with Gasteiger partial charge in [0.1, 0.15) is 0 Å². The summed E-state index contributed by atoms with van der Waals surface area (Å²) in [6, 6.07) is 10.3. The van der Waals surface area contributed by atoms with Gasteiger partial charge in [0.25, 0.3) is 0 Å². The van der Waals surface area contributed by atoms with E-state index in [1.807, 2.05) is 29.4 Å². The summed E-state index contributed by atoms with van der Waals surface area (Å²) >= 11 is 0. The predicted octanol–water partition coefficient (Wildman–Crippen LogP) is 3.99. The zero-order chi connectivity index (χ0) is 16.9. The smallest absolute Gasteiger partial charge is 0.222 e. The van der Waals surface area contributed by atoms with Crippen LogP contribution in [-0.2, 0) is 11.3 Å². The number of allylic oxidation sites excluding steroid dienone is 1. The van der Waals surface area contributed by atoms with Crippen molar-refractivity contribution in [3.63, 3.8) is 0 Å². The quantitative estimate of drug-likeness (QED) is 0.806. The SMILES string of the molecule is CC(C)=Cc1c(-c2ccccc2)ncn1CCCN1CCCC1=O. The molecule has 1 fully saturated rings. The second-order valence-electron chi connectivity index (χ2n) is 6.60. The van der Waals surface area contributed by atoms with Crippen LogP contribution in [0.15, 0.2) is 42.2 Å². The fraction of sp³-hybridized carbons (Fsp3) is 0.400. The lowest BCUT2D eigenvalue weighted by molar-refractivity contribution is -0.127. The second-order valence-corrected chi connectivity index (χ2v) is 6.60. The number of aryl methyl sites for hydroxylation is 1. The van der Waals surface area contributed by atoms with Crippen molar-refractivity contribution in [2.24, 2.45) is 0 Å². The zero-order valence-corrected chi connectivity index (χ0v) is 14.5. The molecule has 1 aliphatic rings. The largest absolute Gasteiger partial charge is 0.343 e. The van der Waals surface area contributed by atoms with Crippen LogP contribution in [0.5, 0.6) is 0 Å². The maximum absolute atomic E-state index is 11.7. The minimum atomic E-state index is 0.301. The second kappa shape index (κ2) is 7.47. The van der Waals surface area contributed by atoms with Crippen LogP contribution >= 0.6 is 0 Å². The lowest BCUT2D eigenvalue weighted by atomic mass is 10.1. The Hall–Kier alpha value is -2.36. The van der Waals surface area contributed by atoms with E-state index >= 15 is 0 Å². The molecule has 2 heterocycles. The first kappa shape index (κ1) is 16.5. The molecule has 0 aliphatic carbocycles. The highest BCUT2D eigenvalue weighted by molar-refractivity contribution is 5.78. The third-order valence-electron chi connectivity index (χ3n) is 4.35. The van der Waals surface area contributed by atoms with Gasteiger partial charge in [-0.3, -0.25) is 4.79 Å². The molecule has 1 saturated heterocycles. The summed E-state index contributed by atoms with van der Waals surface area (Å²) < 4.78 is 2.20. The average molecular weight is 323 g/mol. The van der Waals surface area contributed by atoms with E-state index < -0.39 is 0 Å². The standard InChI is InChI=1S/C20H25N3O/c1-16(2)14-18-20(17-8-4-3-5-9-17)21-15-23(18)13-7-12-22-11-6-10-19(22)24/h3-5,8-9,14-15H,6-7,10-13H2,1-2H3. The third-order valence-corrected chi connectivity index (χ3v) is 4.35. The van der Waals surface area contributed by atoms with E-state index in [1.165, 1.54) is 5.57 Å². The Balaban J connectivity index is 1.76. The maximum Gasteiger partial charge on any atom is 0.222 e. The number of carbonyl (C=O) groups is 1. The number of hydrogen-bond donors (Lipinski definition) is 0. The van der Waals surface area contributed by atoms with Gasteiger partial charge >= 0.3 is 0 Å². The Morgan fingerprint density at radius 2 is 2.00 bits per heavy atom. The molecule has 0 unspecified atom stereocenters. The molecule has 24 heavy (non-hydrogen) atoms. The van der Waals surface area contributed by atoms with E-state index in [0.717, 1.165) is 49.4 Å². The Labute approximate surface area is 143 Å². The van der Waals surface area contributed by atoms with E-state index in [4.69, 9.17) is 0 Å². The van der Waals surface area contributed by atoms with Crippen LogP contribution in [-0.4, -0.2) is 33.4 Å². The van der Waals surface area contributed by atoms with Gasteiger partial charge in [-0.25, -0.2) is 4.98 Å². The molecule has 1 amide bonds. The van der Waals surface area contributed by atoms with Crippen molar-refractivity contribution in [1.82, 2.24) is 14.5 Å². The molecule has 0 N–H and O–H groups in total. The van der Waals surface area contributed by atoms with Crippen molar-refractivity contribution < 1.29 is 4.79 Å². The number of imidazole rings is 1. The minimum absolute atomic E-state index is 0.301. The van der Waals surface area contributed by atoms with Crippen molar-refractivity contribution in [3.05, 3.63) is 47.9 Å². The van der Waals surface area contributed by atoms with Crippen LogP contribution in [0.3, 0.4) is 0 Å². The molecule has 1 aliphatic heterocycles. The molecule has 3 rings (SSSR count). The third kappa shape index (κ3) is 3.75. The highest BCUT2D eigenvalue weighted by atomic mass is 16.2. The van der Waals surface area contributed by atoms with Gasteiger partial charge in [0.05, 0.1) is 17.7 Å². The number of carbonyl (C=O) groups excluding carboxylic acids is 1. The first-order valence-electron chi connectivity index (χ1n) is 8.68. The molecule has 0 spiro atoms. The van der Waals surface area contributed by atoms with E-state index in [2.05, 4.69) is 41.6 Å². The van der Waals surface area contributed by atoms with E-state index in [9.17, 15) is 4.79 Å². The molecule has 1 aromatic carbocycles. The van der Waals surface area contributed by atoms with E-state index in [-0.39, 0.29) is 0 Å². The number of hydrogen-bond acceptors (Lipinski definition) is 2. The van der Waals surface area contributed by atoms with Gasteiger partial charge in [0.15, 0.2) is 0 Å². The van der Waals surface area contributed by atoms with Crippen LogP contribution in [0.2, 0.25) is 0 Å². The first-order valence-corrected chi connectivity index (χ1v) is 8.68. The lowest BCUT2D eigenvalue weighted by Gasteiger charge is -2.16. The Bertz CT molecular complexity index is 727. The summed E-state index contributed by atoms with van der Waals surface area (Å²) in [6.07, 6.45) is 6.79. The van der Waals surface area contributed by atoms with Crippen molar-refractivity contribution in [2.75, 3.05) is 13.1 Å². The van der Waals surface area contributed by atoms with Crippen LogP contribution in [0.1, 0.15) is 38.8 Å². The van der Waals surface area contributed by atoms with Gasteiger partial charge in [-0.2, -0.15) is 0 Å². The molecule has 4 nitrogen and oxygen atoms in total. The molecular weight excluding hydrogens is 298 g/mol. The fourth-order valence-corrected chi connectivity index (χ4v) is 3.19. The molecule has 1 aromatic heterocycles. The molecule has 4 heteroatoms. The van der Waals surface area contributed by atoms with Crippen molar-refractivity contribution in [3.8, 4) is 11.3 Å². The molecule has 126 valence electrons. The van der Waals surface area contributed by atoms with Crippen LogP contribution < -0.4 is 0 Å². The Morgan fingerprint density at radius 1 is 1.21 bits per heavy atom. The van der Waals surface area contributed by atoms with E-state index in [0.29, 0.717) is 12.3 Å². The molecule has 0 bridgehead atoms. The van der Waals surface area contributed by atoms with Gasteiger partial charge < -0.3 is 9.47 Å². The van der Waals surface area contributed by atoms with Gasteiger partial charge in [0.2, 0.25) is 5.91 Å². The number of benzene rings is 1. The number of likely N-dealkylation sites (tertiary alicyclic amines) is 1. The molecular formula is C20H25N3O. The normalized spacial score (nSPS) is 14.2. The monoisotopic (exact) mass is 323 g/mol. The minimum Gasteiger partial charge on any atom is -0.343 e. The van der Waals surface area contributed by atoms with Gasteiger partial charge in [-0.1, -0.05) is 35.9 Å². The zero-order valence-electron chi connectivity index (χ0n) is 14.5. The summed E-state index contributed by atoms with van der Waals surface area (Å²) in [6.45, 7) is 6.84. The summed E-state index contributed by atoms with van der Waals surface area (Å²) in [4.78, 5) is 18.3. The van der Waals surface area contributed by atoms with Crippen molar-refractivity contribution in [2.45, 2.75) is 39.7 Å². The maximum atomic E-state index is 11.7. The molecule has 0 atom stereocenters. The van der Waals surface area contributed by atoms with Gasteiger partial charge in [-0.05, 0) is 32.8 Å². The number of aromatic nitrogens is 2. The van der Waals surface area contributed by atoms with Gasteiger partial charge in [-0.15, -0.1) is 0 Å². The van der Waals surface area contributed by atoms with Crippen LogP contribution in [0.25, 0.3) is 17.3 Å². The number of rotatable bonds is 6. The topological polar surface area (TPSA) is 38.1 Å². The summed E-state index contributed by atoms with van der Waals surface area (Å²) in [5.74, 6) is 0.301. The van der Waals surface area contributed by atoms with Crippen molar-refractivity contribution >= 4 is 12.0 Å². The summed E-state index contributed by atoms with van der Waals surface area (Å²) in [5.41, 5.74) is 4.56. The fourth-order valence-electron chi connectivity index (χ4n) is 3.19. The highest BCUT2D eigenvalue weighted by Gasteiger charge is 2.19. The van der Waals surface area contributed by atoms with Crippen LogP contribution in [0, 0.1) is 0 Å². The van der Waals surface area contributed by atoms with Gasteiger partial charge in [0, 0.05) is 31.6 Å². The Morgan fingerprint density at radius 3 is 2.67 bits per heavy atom. The first-order chi connectivity index (χ1) is 11.6. The average Bonchev–Trinajstić information content (AvgIpc) is 3.15. The molecule has 2 aromatic rings. The molecule has 0 saturated carbocycles. The predicted molar refractivity (Wildman–Crippen MR) is 97.4 cm³/mol. The highest BCUT2D eigenvalue weighted by Crippen LogP contribution is 2.24.